The number of para-hydroxylation sites is 1. The van der Waals surface area contributed by atoms with Crippen molar-refractivity contribution in [3.05, 3.63) is 402 Å². The summed E-state index contributed by atoms with van der Waals surface area (Å²) in [5.74, 6) is 0. The standard InChI is InChI=1S/C22H16BrN3.C19H10BrN3O.2C18H11ClN2S.C16H9ClN2S.2C7H4ClNS/c1-22(2)17-8-4-3-6-14(17)15-10-9-13(12-18(15)22)19-16-7-5-11-24-20(16)26-21(23)25-19;20-19-22-14-5-3-9-21-18(14)17(23-19)11-7-8-16-13(10-11)12-4-1-2-6-15(12)24-16;19-18-20-15-9-10-22-17(15)16(21-18)14-8-4-7-13(11-14)12-5-2-1-3-6-12;19-18-20-15-10-11-22-17(15)16(21-18)14-8-6-13(7-9-14)12-4-2-1-3-5-12;17-16-18-13(10-6-2-1-3-7-10)15-14(19-16)11-8-4-5-9-12(11)20-15;8-7-3-5-1-2-10-6(5)4-9-7;8-7-2-1-6-5(9-7)3-4-10-6/h3-12H,1-2H3;1-10H;2*1-11H;1-9H;2*1-4H. The summed E-state index contributed by atoms with van der Waals surface area (Å²) in [6, 6.07) is 107. The molecule has 0 N–H and O–H groups in total. The van der Waals surface area contributed by atoms with Gasteiger partial charge in [-0.3, -0.25) is 4.98 Å². The molecule has 0 saturated heterocycles. The number of thiophene rings is 5. The predicted octanol–water partition coefficient (Wildman–Crippen LogP) is 33.5. The van der Waals surface area contributed by atoms with Gasteiger partial charge >= 0.3 is 0 Å². The van der Waals surface area contributed by atoms with Crippen molar-refractivity contribution in [3.63, 3.8) is 0 Å². The van der Waals surface area contributed by atoms with Crippen LogP contribution in [0.25, 0.3) is 195 Å². The van der Waals surface area contributed by atoms with E-state index in [9.17, 15) is 0 Å². The minimum atomic E-state index is -0.0275. The van der Waals surface area contributed by atoms with E-state index in [0.717, 1.165) is 142 Å². The van der Waals surface area contributed by atoms with Crippen molar-refractivity contribution in [2.45, 2.75) is 19.3 Å². The monoisotopic (exact) mass is 2050 g/mol. The van der Waals surface area contributed by atoms with E-state index in [0.29, 0.717) is 30.7 Å². The van der Waals surface area contributed by atoms with Gasteiger partial charge in [0.25, 0.3) is 0 Å². The number of hydrogen-bond donors (Lipinski definition) is 0. The second kappa shape index (κ2) is 39.7. The summed E-state index contributed by atoms with van der Waals surface area (Å²) in [5, 5.41) is 15.5. The Morgan fingerprint density at radius 2 is 0.821 bits per heavy atom. The molecular formula is C107H65Br2Cl5N14OS5. The first-order chi connectivity index (χ1) is 65.5. The van der Waals surface area contributed by atoms with E-state index >= 15 is 0 Å². The zero-order chi connectivity index (χ0) is 91.3. The van der Waals surface area contributed by atoms with Crippen LogP contribution in [0.1, 0.15) is 25.0 Å². The number of nitrogens with zero attached hydrogens (tertiary/aromatic N) is 14. The molecule has 0 bridgehead atoms. The first-order valence-corrected chi connectivity index (χ1v) is 49.6. The van der Waals surface area contributed by atoms with Gasteiger partial charge < -0.3 is 4.42 Å². The molecule has 1 aliphatic carbocycles. The lowest BCUT2D eigenvalue weighted by Crippen LogP contribution is -2.14. The van der Waals surface area contributed by atoms with Crippen molar-refractivity contribution in [2.24, 2.45) is 0 Å². The van der Waals surface area contributed by atoms with Crippen LogP contribution < -0.4 is 0 Å². The van der Waals surface area contributed by atoms with Crippen LogP contribution >= 0.6 is 147 Å². The van der Waals surface area contributed by atoms with Crippen LogP contribution in [0.4, 0.5) is 0 Å². The Hall–Kier alpha value is -13.0. The molecule has 0 amide bonds. The summed E-state index contributed by atoms with van der Waals surface area (Å²) in [4.78, 5) is 61.1. The van der Waals surface area contributed by atoms with Crippen molar-refractivity contribution in [2.75, 3.05) is 0 Å². The molecule has 0 fully saturated rings. The maximum Gasteiger partial charge on any atom is 0.223 e. The second-order valence-corrected chi connectivity index (χ2v) is 38.9. The van der Waals surface area contributed by atoms with E-state index in [1.54, 1.807) is 81.3 Å². The van der Waals surface area contributed by atoms with Crippen molar-refractivity contribution < 1.29 is 4.42 Å². The van der Waals surface area contributed by atoms with E-state index in [1.807, 2.05) is 197 Å². The van der Waals surface area contributed by atoms with Crippen LogP contribution in [-0.2, 0) is 5.41 Å². The molecule has 0 atom stereocenters. The summed E-state index contributed by atoms with van der Waals surface area (Å²) in [6.07, 6.45) is 5.31. The predicted molar refractivity (Wildman–Crippen MR) is 567 cm³/mol. The third-order valence-corrected chi connectivity index (χ3v) is 28.6. The maximum atomic E-state index is 6.11. The third kappa shape index (κ3) is 19.2. The molecule has 26 rings (SSSR count). The Bertz CT molecular complexity index is 8580. The average Bonchev–Trinajstić information content (AvgIpc) is 1.58. The number of benzene rings is 10. The van der Waals surface area contributed by atoms with Gasteiger partial charge in [0.05, 0.1) is 73.9 Å². The third-order valence-electron chi connectivity index (χ3n) is 22.3. The van der Waals surface area contributed by atoms with Crippen LogP contribution in [0.3, 0.4) is 0 Å². The number of furan rings is 1. The summed E-state index contributed by atoms with van der Waals surface area (Å²) >= 11 is 44.7. The zero-order valence-electron chi connectivity index (χ0n) is 70.4. The minimum Gasteiger partial charge on any atom is -0.456 e. The molecule has 1 aliphatic rings. The van der Waals surface area contributed by atoms with E-state index in [-0.39, 0.29) is 16.0 Å². The van der Waals surface area contributed by atoms with Crippen LogP contribution in [0.5, 0.6) is 0 Å². The van der Waals surface area contributed by atoms with Crippen molar-refractivity contribution >= 4 is 252 Å². The van der Waals surface area contributed by atoms with Crippen LogP contribution in [0.2, 0.25) is 26.2 Å². The molecule has 648 valence electrons. The minimum absolute atomic E-state index is 0.0275. The molecule has 27 heteroatoms. The zero-order valence-corrected chi connectivity index (χ0v) is 81.5. The van der Waals surface area contributed by atoms with Gasteiger partial charge in [-0.1, -0.05) is 243 Å². The SMILES string of the molecule is Brc1nc(-c2ccc3oc4ccccc4c3c2)c2ncccc2n1.CC1(C)c2ccccc2-c2ccc(-c3nc(Br)nc4ncccc34)cc21.Clc1cc2ccsc2cn1.Clc1ccc2sccc2n1.Clc1nc(-c2ccc(-c3ccccc3)cc2)c2sccc2n1.Clc1nc(-c2cccc(-c3ccccc3)c2)c2sccc2n1.Clc1nc(-c2ccccc2)c2sc3ccccc3c2n1. The fraction of sp³-hybridized carbons (Fsp3) is 0.0280. The van der Waals surface area contributed by atoms with Gasteiger partial charge in [0.1, 0.15) is 32.7 Å². The van der Waals surface area contributed by atoms with Crippen LogP contribution in [0, 0.1) is 0 Å². The normalized spacial score (nSPS) is 11.7. The van der Waals surface area contributed by atoms with Gasteiger partial charge in [-0.2, -0.15) is 0 Å². The highest BCUT2D eigenvalue weighted by Crippen LogP contribution is 2.50. The maximum absolute atomic E-state index is 6.11. The molecule has 0 spiro atoms. The van der Waals surface area contributed by atoms with Gasteiger partial charge in [0.15, 0.2) is 15.1 Å². The molecule has 10 aromatic carbocycles. The first kappa shape index (κ1) is 88.9. The van der Waals surface area contributed by atoms with Crippen molar-refractivity contribution in [1.29, 1.82) is 0 Å². The number of rotatable bonds is 7. The highest BCUT2D eigenvalue weighted by Gasteiger charge is 2.36. The van der Waals surface area contributed by atoms with Gasteiger partial charge in [-0.15, -0.1) is 56.7 Å². The molecule has 134 heavy (non-hydrogen) atoms. The van der Waals surface area contributed by atoms with Gasteiger partial charge in [-0.05, 0) is 247 Å². The lowest BCUT2D eigenvalue weighted by molar-refractivity contribution is 0.660. The summed E-state index contributed by atoms with van der Waals surface area (Å²) < 4.78 is 13.8. The van der Waals surface area contributed by atoms with Crippen molar-refractivity contribution in [3.8, 4) is 89.7 Å². The van der Waals surface area contributed by atoms with Crippen LogP contribution in [0.15, 0.2) is 369 Å². The van der Waals surface area contributed by atoms with Gasteiger partial charge in [-0.25, -0.2) is 64.8 Å². The quantitative estimate of drug-likeness (QED) is 0.108. The molecule has 0 radical (unpaired) electrons. The molecule has 0 saturated carbocycles. The molecule has 15 heterocycles. The Morgan fingerprint density at radius 3 is 1.58 bits per heavy atom. The van der Waals surface area contributed by atoms with E-state index in [1.165, 1.54) is 58.4 Å². The number of halogens is 7. The fourth-order valence-electron chi connectivity index (χ4n) is 16.0. The molecule has 15 aromatic heterocycles. The summed E-state index contributed by atoms with van der Waals surface area (Å²) in [6.45, 7) is 4.58. The molecule has 0 aliphatic heterocycles. The number of aromatic nitrogens is 14. The van der Waals surface area contributed by atoms with Crippen LogP contribution in [-0.4, -0.2) is 69.8 Å². The molecule has 0 unspecified atom stereocenters. The average molecular weight is 2060 g/mol. The number of pyridine rings is 4. The first-order valence-electron chi connectivity index (χ1n) is 41.8. The number of fused-ring (bicyclic) bond motifs is 15. The van der Waals surface area contributed by atoms with E-state index in [2.05, 4.69) is 249 Å². The molecular weight excluding hydrogens is 1990 g/mol. The highest BCUT2D eigenvalue weighted by atomic mass is 79.9. The number of hydrogen-bond acceptors (Lipinski definition) is 20. The topological polar surface area (TPSA) is 194 Å². The fourth-order valence-corrected chi connectivity index (χ4v) is 21.9. The lowest BCUT2D eigenvalue weighted by Gasteiger charge is -2.22. The largest absolute Gasteiger partial charge is 0.456 e. The Labute approximate surface area is 828 Å². The highest BCUT2D eigenvalue weighted by molar-refractivity contribution is 9.10. The molecule has 15 nitrogen and oxygen atoms in total. The van der Waals surface area contributed by atoms with Gasteiger partial charge in [0, 0.05) is 78.1 Å². The van der Waals surface area contributed by atoms with Crippen molar-refractivity contribution in [1.82, 2.24) is 69.8 Å². The lowest BCUT2D eigenvalue weighted by atomic mass is 9.82. The van der Waals surface area contributed by atoms with Gasteiger partial charge in [0.2, 0.25) is 15.9 Å². The second-order valence-electron chi connectivity index (χ2n) is 30.9. The molecule has 25 aromatic rings. The Balaban J connectivity index is 0.0000000989. The summed E-state index contributed by atoms with van der Waals surface area (Å²) in [7, 11) is 0. The van der Waals surface area contributed by atoms with E-state index in [4.69, 9.17) is 62.4 Å². The Kier molecular flexibility index (Phi) is 26.3. The Morgan fingerprint density at radius 1 is 0.291 bits per heavy atom. The van der Waals surface area contributed by atoms with E-state index < -0.39 is 0 Å². The summed E-state index contributed by atoms with van der Waals surface area (Å²) in [5.41, 5.74) is 27.5. The smallest absolute Gasteiger partial charge is 0.223 e.